The topological polar surface area (TPSA) is 138 Å². The van der Waals surface area contributed by atoms with E-state index in [1.54, 1.807) is 10.7 Å². The molecule has 0 aliphatic carbocycles. The van der Waals surface area contributed by atoms with Crippen molar-refractivity contribution in [2.24, 2.45) is 14.1 Å². The van der Waals surface area contributed by atoms with Crippen molar-refractivity contribution in [3.05, 3.63) is 329 Å². The molecule has 14 aromatic rings. The number of halogens is 3. The number of fused-ring (bicyclic) bond motifs is 2. The summed E-state index contributed by atoms with van der Waals surface area (Å²) in [7, 11) is 2.22. The third-order valence-electron chi connectivity index (χ3n) is 15.2. The van der Waals surface area contributed by atoms with Crippen molar-refractivity contribution >= 4 is 57.0 Å². The van der Waals surface area contributed by atoms with Gasteiger partial charge in [0.1, 0.15) is 20.5 Å². The number of pyridine rings is 2. The second kappa shape index (κ2) is 24.7. The number of nitrogens with zero attached hydrogens (tertiary/aromatic N) is 10. The molecule has 0 saturated carbocycles. The minimum absolute atomic E-state index is 0.104. The van der Waals surface area contributed by atoms with Gasteiger partial charge in [0.2, 0.25) is 11.9 Å². The Bertz CT molecular complexity index is 4390. The Morgan fingerprint density at radius 2 is 0.779 bits per heavy atom. The first-order chi connectivity index (χ1) is 42.0. The van der Waals surface area contributed by atoms with Crippen molar-refractivity contribution in [3.63, 3.8) is 0 Å². The first-order valence-corrected chi connectivity index (χ1v) is 28.7. The summed E-state index contributed by atoms with van der Waals surface area (Å²) >= 11 is 2.37. The molecule has 0 amide bonds. The van der Waals surface area contributed by atoms with Crippen LogP contribution in [0.3, 0.4) is 0 Å². The predicted octanol–water partition coefficient (Wildman–Crippen LogP) is 13.3. The van der Waals surface area contributed by atoms with Crippen LogP contribution in [0.5, 0.6) is 0 Å². The third-order valence-corrected chi connectivity index (χ3v) is 16.0. The van der Waals surface area contributed by atoms with Crippen LogP contribution in [0.15, 0.2) is 280 Å². The maximum atomic E-state index is 14.5. The van der Waals surface area contributed by atoms with Crippen LogP contribution in [0.25, 0.3) is 55.3 Å². The molecule has 0 radical (unpaired) electrons. The van der Waals surface area contributed by atoms with Gasteiger partial charge in [-0.25, -0.2) is 19.3 Å². The van der Waals surface area contributed by atoms with Crippen molar-refractivity contribution in [1.82, 2.24) is 49.1 Å². The van der Waals surface area contributed by atoms with Crippen LogP contribution in [0.1, 0.15) is 33.4 Å². The average molecular weight is 1240 g/mol. The van der Waals surface area contributed by atoms with E-state index in [9.17, 15) is 8.78 Å². The molecule has 420 valence electrons. The Labute approximate surface area is 509 Å². The molecule has 0 spiro atoms. The number of hydrogen-bond donors (Lipinski definition) is 2. The molecule has 14 rings (SSSR count). The average Bonchev–Trinajstić information content (AvgIpc) is 1.55. The predicted molar refractivity (Wildman–Crippen MR) is 343 cm³/mol. The number of benzene rings is 8. The van der Waals surface area contributed by atoms with E-state index in [0.29, 0.717) is 11.3 Å². The second-order valence-electron chi connectivity index (χ2n) is 20.5. The standard InChI is InChI=1S/C35H26FN5.C30H23IN4.C5H5BFNO2/c1-40-24-27(23-38-40)25-17-18-32-31(21-25)34(26-19-20-37-33(36)22-26)39-41(32)35(28-11-5-2-6-12-28,29-13-7-3-8-14-29)30-15-9-4-10-16-30;1-34-21-23(20-32-34)22-17-18-28-27(19-22)29(31)33-35(28)30(24-11-5-2-6-12-24,25-13-7-3-8-14-25)26-15-9-4-10-16-26;7-5-3-4(6(9)10)1-2-8-5/h2-24H,1H3;2-21H,1H3;1-3,9-10H. The van der Waals surface area contributed by atoms with Gasteiger partial charge < -0.3 is 10.0 Å². The van der Waals surface area contributed by atoms with Crippen LogP contribution in [0.4, 0.5) is 8.78 Å². The van der Waals surface area contributed by atoms with Gasteiger partial charge in [0.25, 0.3) is 0 Å². The van der Waals surface area contributed by atoms with Crippen LogP contribution >= 0.6 is 22.6 Å². The molecule has 0 saturated heterocycles. The lowest BCUT2D eigenvalue weighted by atomic mass is 9.77. The highest BCUT2D eigenvalue weighted by Gasteiger charge is 2.42. The Hall–Kier alpha value is -10.0. The number of aromatic nitrogens is 10. The Kier molecular flexibility index (Phi) is 16.2. The molecule has 8 aromatic carbocycles. The van der Waals surface area contributed by atoms with E-state index in [1.807, 2.05) is 61.8 Å². The van der Waals surface area contributed by atoms with Gasteiger partial charge in [-0.1, -0.05) is 194 Å². The molecule has 12 nitrogen and oxygen atoms in total. The lowest BCUT2D eigenvalue weighted by molar-refractivity contribution is 0.425. The minimum Gasteiger partial charge on any atom is -0.423 e. The summed E-state index contributed by atoms with van der Waals surface area (Å²) in [6.45, 7) is 0. The molecule has 2 N–H and O–H groups in total. The molecule has 86 heavy (non-hydrogen) atoms. The van der Waals surface area contributed by atoms with Crippen molar-refractivity contribution in [2.75, 3.05) is 0 Å². The summed E-state index contributed by atoms with van der Waals surface area (Å²) in [5.41, 5.74) is 12.9. The Balaban J connectivity index is 0.000000146. The maximum Gasteiger partial charge on any atom is 0.488 e. The lowest BCUT2D eigenvalue weighted by Crippen LogP contribution is -2.38. The highest BCUT2D eigenvalue weighted by atomic mass is 127. The van der Waals surface area contributed by atoms with Crippen molar-refractivity contribution in [1.29, 1.82) is 0 Å². The molecule has 6 heterocycles. The van der Waals surface area contributed by atoms with E-state index in [4.69, 9.17) is 20.2 Å². The van der Waals surface area contributed by atoms with E-state index >= 15 is 0 Å². The van der Waals surface area contributed by atoms with Gasteiger partial charge in [-0.2, -0.15) is 29.2 Å². The minimum atomic E-state index is -1.63. The first-order valence-electron chi connectivity index (χ1n) is 27.6. The Morgan fingerprint density at radius 3 is 1.14 bits per heavy atom. The van der Waals surface area contributed by atoms with Gasteiger partial charge in [0, 0.05) is 72.4 Å². The molecule has 6 aromatic heterocycles. The normalized spacial score (nSPS) is 11.4. The molecular weight excluding hydrogens is 1190 g/mol. The lowest BCUT2D eigenvalue weighted by Gasteiger charge is -2.37. The molecular formula is C70H54BF2IN10O2. The van der Waals surface area contributed by atoms with Crippen molar-refractivity contribution < 1.29 is 18.8 Å². The fourth-order valence-electron chi connectivity index (χ4n) is 11.4. The Morgan fingerprint density at radius 1 is 0.407 bits per heavy atom. The summed E-state index contributed by atoms with van der Waals surface area (Å²) in [6.07, 6.45) is 10.4. The quantitative estimate of drug-likeness (QED) is 0.0534. The fourth-order valence-corrected chi connectivity index (χ4v) is 12.0. The zero-order valence-corrected chi connectivity index (χ0v) is 48.8. The highest BCUT2D eigenvalue weighted by Crippen LogP contribution is 2.46. The number of aryl methyl sites for hydroxylation is 2. The third kappa shape index (κ3) is 10.9. The largest absolute Gasteiger partial charge is 0.488 e. The smallest absolute Gasteiger partial charge is 0.423 e. The van der Waals surface area contributed by atoms with Crippen molar-refractivity contribution in [3.8, 4) is 33.5 Å². The van der Waals surface area contributed by atoms with E-state index < -0.39 is 30.1 Å². The summed E-state index contributed by atoms with van der Waals surface area (Å²) < 4.78 is 35.6. The summed E-state index contributed by atoms with van der Waals surface area (Å²) in [5.74, 6) is -1.26. The summed E-state index contributed by atoms with van der Waals surface area (Å²) in [5, 5.41) is 38.3. The second-order valence-corrected chi connectivity index (χ2v) is 21.5. The highest BCUT2D eigenvalue weighted by molar-refractivity contribution is 14.1. The van der Waals surface area contributed by atoms with E-state index in [1.165, 1.54) is 24.5 Å². The fraction of sp³-hybridized carbons (Fsp3) is 0.0571. The molecule has 0 fully saturated rings. The molecule has 16 heteroatoms. The van der Waals surface area contributed by atoms with Gasteiger partial charge in [-0.15, -0.1) is 0 Å². The zero-order chi connectivity index (χ0) is 59.2. The van der Waals surface area contributed by atoms with Crippen LogP contribution in [-0.2, 0) is 25.2 Å². The SMILES string of the molecule is Cn1cc(-c2ccc3c(c2)c(-c2ccnc(F)c2)nn3C(c2ccccc2)(c2ccccc2)c2ccccc2)cn1.Cn1cc(-c2ccc3c(c2)c(I)nn3C(c2ccccc2)(c2ccccc2)c2ccccc2)cn1.OB(O)c1ccnc(F)c1. The zero-order valence-electron chi connectivity index (χ0n) is 46.6. The monoisotopic (exact) mass is 1240 g/mol. The maximum absolute atomic E-state index is 14.5. The van der Waals surface area contributed by atoms with Gasteiger partial charge in [0.05, 0.1) is 23.4 Å². The molecule has 0 bridgehead atoms. The van der Waals surface area contributed by atoms with Crippen LogP contribution in [0, 0.1) is 15.6 Å². The molecule has 0 unspecified atom stereocenters. The molecule has 0 atom stereocenters. The number of hydrogen-bond acceptors (Lipinski definition) is 8. The van der Waals surface area contributed by atoms with Gasteiger partial charge in [0.15, 0.2) is 0 Å². The van der Waals surface area contributed by atoms with E-state index in [-0.39, 0.29) is 5.46 Å². The van der Waals surface area contributed by atoms with Gasteiger partial charge in [-0.3, -0.25) is 9.36 Å². The molecule has 0 aliphatic heterocycles. The summed E-state index contributed by atoms with van der Waals surface area (Å²) in [4.78, 5) is 7.03. The van der Waals surface area contributed by atoms with E-state index in [0.717, 1.165) is 87.2 Å². The van der Waals surface area contributed by atoms with E-state index in [2.05, 4.69) is 252 Å². The first kappa shape index (κ1) is 56.5. The van der Waals surface area contributed by atoms with Crippen LogP contribution in [0.2, 0.25) is 0 Å². The van der Waals surface area contributed by atoms with Gasteiger partial charge >= 0.3 is 7.12 Å². The molecule has 0 aliphatic rings. The van der Waals surface area contributed by atoms with Crippen molar-refractivity contribution in [2.45, 2.75) is 11.1 Å². The van der Waals surface area contributed by atoms with Gasteiger partial charge in [-0.05, 0) is 115 Å². The number of rotatable bonds is 12. The van der Waals surface area contributed by atoms with Crippen LogP contribution < -0.4 is 5.46 Å². The van der Waals surface area contributed by atoms with Crippen LogP contribution in [-0.4, -0.2) is 66.3 Å². The summed E-state index contributed by atoms with van der Waals surface area (Å²) in [6, 6.07) is 81.7.